The van der Waals surface area contributed by atoms with Crippen LogP contribution in [0.5, 0.6) is 0 Å². The van der Waals surface area contributed by atoms with E-state index in [-0.39, 0.29) is 6.10 Å². The second kappa shape index (κ2) is 4.09. The molecule has 0 unspecified atom stereocenters. The Morgan fingerprint density at radius 3 is 3.00 bits per heavy atom. The Labute approximate surface area is 85.0 Å². The molecular weight excluding hydrogens is 174 g/mol. The van der Waals surface area contributed by atoms with E-state index in [0.717, 1.165) is 24.8 Å². The standard InChI is InChI=1S/C12H17NO/c1-2-12(14)10-7-9-5-3-4-6-11(9)13-8-10/h7-8,12,14H,2-6H2,1H3/t12-/m0/s1. The van der Waals surface area contributed by atoms with Crippen molar-refractivity contribution in [3.63, 3.8) is 0 Å². The summed E-state index contributed by atoms with van der Waals surface area (Å²) >= 11 is 0. The summed E-state index contributed by atoms with van der Waals surface area (Å²) in [6.45, 7) is 1.99. The molecule has 1 aromatic rings. The summed E-state index contributed by atoms with van der Waals surface area (Å²) in [4.78, 5) is 4.43. The molecular formula is C12H17NO. The van der Waals surface area contributed by atoms with E-state index in [1.165, 1.54) is 24.1 Å². The zero-order valence-corrected chi connectivity index (χ0v) is 8.66. The number of aromatic nitrogens is 1. The number of aliphatic hydroxyl groups excluding tert-OH is 1. The highest BCUT2D eigenvalue weighted by atomic mass is 16.3. The summed E-state index contributed by atoms with van der Waals surface area (Å²) < 4.78 is 0. The molecule has 2 heteroatoms. The van der Waals surface area contributed by atoms with E-state index in [4.69, 9.17) is 0 Å². The fourth-order valence-corrected chi connectivity index (χ4v) is 2.02. The molecule has 0 aliphatic heterocycles. The number of rotatable bonds is 2. The molecule has 1 aromatic heterocycles. The van der Waals surface area contributed by atoms with Crippen molar-refractivity contribution in [2.75, 3.05) is 0 Å². The topological polar surface area (TPSA) is 33.1 Å². The SMILES string of the molecule is CC[C@H](O)c1cnc2c(c1)CCCC2. The van der Waals surface area contributed by atoms with E-state index >= 15 is 0 Å². The predicted octanol–water partition coefficient (Wildman–Crippen LogP) is 2.40. The molecule has 1 aliphatic carbocycles. The Kier molecular flexibility index (Phi) is 2.82. The highest BCUT2D eigenvalue weighted by Gasteiger charge is 2.13. The summed E-state index contributed by atoms with van der Waals surface area (Å²) in [7, 11) is 0. The Morgan fingerprint density at radius 2 is 2.21 bits per heavy atom. The van der Waals surface area contributed by atoms with Crippen molar-refractivity contribution in [3.05, 3.63) is 29.1 Å². The lowest BCUT2D eigenvalue weighted by Gasteiger charge is -2.17. The smallest absolute Gasteiger partial charge is 0.0802 e. The highest BCUT2D eigenvalue weighted by Crippen LogP contribution is 2.23. The van der Waals surface area contributed by atoms with Gasteiger partial charge in [0.15, 0.2) is 0 Å². The zero-order valence-electron chi connectivity index (χ0n) is 8.66. The fourth-order valence-electron chi connectivity index (χ4n) is 2.02. The predicted molar refractivity (Wildman–Crippen MR) is 56.1 cm³/mol. The van der Waals surface area contributed by atoms with Crippen LogP contribution in [0.1, 0.15) is 49.1 Å². The van der Waals surface area contributed by atoms with Gasteiger partial charge in [-0.25, -0.2) is 0 Å². The van der Waals surface area contributed by atoms with E-state index in [9.17, 15) is 5.11 Å². The average Bonchev–Trinajstić information content (AvgIpc) is 2.27. The number of aliphatic hydroxyl groups is 1. The Morgan fingerprint density at radius 1 is 1.43 bits per heavy atom. The van der Waals surface area contributed by atoms with Crippen LogP contribution in [-0.4, -0.2) is 10.1 Å². The van der Waals surface area contributed by atoms with Gasteiger partial charge in [-0.3, -0.25) is 4.98 Å². The van der Waals surface area contributed by atoms with Gasteiger partial charge in [0.2, 0.25) is 0 Å². The van der Waals surface area contributed by atoms with Crippen LogP contribution >= 0.6 is 0 Å². The van der Waals surface area contributed by atoms with Gasteiger partial charge in [-0.1, -0.05) is 6.92 Å². The molecule has 0 bridgehead atoms. The Hall–Kier alpha value is -0.890. The lowest BCUT2D eigenvalue weighted by molar-refractivity contribution is 0.173. The van der Waals surface area contributed by atoms with Crippen LogP contribution in [0.3, 0.4) is 0 Å². The van der Waals surface area contributed by atoms with Crippen LogP contribution in [0, 0.1) is 0 Å². The van der Waals surface area contributed by atoms with E-state index in [1.54, 1.807) is 0 Å². The average molecular weight is 191 g/mol. The van der Waals surface area contributed by atoms with Gasteiger partial charge in [0.05, 0.1) is 6.10 Å². The van der Waals surface area contributed by atoms with E-state index in [0.29, 0.717) is 0 Å². The third-order valence-electron chi connectivity index (χ3n) is 2.96. The molecule has 14 heavy (non-hydrogen) atoms. The van der Waals surface area contributed by atoms with Crippen LogP contribution < -0.4 is 0 Å². The molecule has 0 aromatic carbocycles. The minimum Gasteiger partial charge on any atom is -0.388 e. The summed E-state index contributed by atoms with van der Waals surface area (Å²) in [5.41, 5.74) is 3.57. The minimum atomic E-state index is -0.338. The first-order valence-corrected chi connectivity index (χ1v) is 5.47. The van der Waals surface area contributed by atoms with Gasteiger partial charge in [0.25, 0.3) is 0 Å². The van der Waals surface area contributed by atoms with Gasteiger partial charge >= 0.3 is 0 Å². The lowest BCUT2D eigenvalue weighted by Crippen LogP contribution is -2.07. The molecule has 2 nitrogen and oxygen atoms in total. The van der Waals surface area contributed by atoms with Crippen molar-refractivity contribution < 1.29 is 5.11 Å². The molecule has 76 valence electrons. The van der Waals surface area contributed by atoms with E-state index < -0.39 is 0 Å². The second-order valence-corrected chi connectivity index (χ2v) is 4.01. The van der Waals surface area contributed by atoms with Crippen LogP contribution in [0.15, 0.2) is 12.3 Å². The largest absolute Gasteiger partial charge is 0.388 e. The zero-order chi connectivity index (χ0) is 9.97. The maximum atomic E-state index is 9.69. The van der Waals surface area contributed by atoms with Crippen molar-refractivity contribution in [2.45, 2.75) is 45.1 Å². The third kappa shape index (κ3) is 1.80. The van der Waals surface area contributed by atoms with Gasteiger partial charge in [-0.2, -0.15) is 0 Å². The Balaban J connectivity index is 2.29. The maximum Gasteiger partial charge on any atom is 0.0802 e. The summed E-state index contributed by atoms with van der Waals surface area (Å²) in [5.74, 6) is 0. The van der Waals surface area contributed by atoms with Crippen LogP contribution in [0.4, 0.5) is 0 Å². The number of aryl methyl sites for hydroxylation is 2. The number of pyridine rings is 1. The highest BCUT2D eigenvalue weighted by molar-refractivity contribution is 5.28. The molecule has 1 aliphatic rings. The molecule has 0 saturated heterocycles. The van der Waals surface area contributed by atoms with Gasteiger partial charge in [-0.05, 0) is 49.3 Å². The van der Waals surface area contributed by atoms with Crippen molar-refractivity contribution in [3.8, 4) is 0 Å². The lowest BCUT2D eigenvalue weighted by atomic mass is 9.94. The summed E-state index contributed by atoms with van der Waals surface area (Å²) in [6, 6.07) is 2.13. The van der Waals surface area contributed by atoms with Crippen LogP contribution in [-0.2, 0) is 12.8 Å². The molecule has 0 spiro atoms. The summed E-state index contributed by atoms with van der Waals surface area (Å²) in [6.07, 6.45) is 7.02. The van der Waals surface area contributed by atoms with Gasteiger partial charge < -0.3 is 5.11 Å². The first kappa shape index (κ1) is 9.66. The molecule has 1 N–H and O–H groups in total. The van der Waals surface area contributed by atoms with Gasteiger partial charge in [-0.15, -0.1) is 0 Å². The second-order valence-electron chi connectivity index (χ2n) is 4.01. The first-order valence-electron chi connectivity index (χ1n) is 5.47. The molecule has 0 radical (unpaired) electrons. The molecule has 2 rings (SSSR count). The molecule has 1 atom stereocenters. The molecule has 1 heterocycles. The van der Waals surface area contributed by atoms with Crippen molar-refractivity contribution in [1.29, 1.82) is 0 Å². The third-order valence-corrected chi connectivity index (χ3v) is 2.96. The summed E-state index contributed by atoms with van der Waals surface area (Å²) in [5, 5.41) is 9.69. The molecule has 0 fully saturated rings. The van der Waals surface area contributed by atoms with Gasteiger partial charge in [0, 0.05) is 11.9 Å². The monoisotopic (exact) mass is 191 g/mol. The van der Waals surface area contributed by atoms with Crippen LogP contribution in [0.25, 0.3) is 0 Å². The number of nitrogens with zero attached hydrogens (tertiary/aromatic N) is 1. The number of fused-ring (bicyclic) bond motifs is 1. The van der Waals surface area contributed by atoms with Crippen molar-refractivity contribution >= 4 is 0 Å². The molecule has 0 saturated carbocycles. The first-order chi connectivity index (χ1) is 6.81. The number of hydrogen-bond donors (Lipinski definition) is 1. The van der Waals surface area contributed by atoms with Crippen LogP contribution in [0.2, 0.25) is 0 Å². The van der Waals surface area contributed by atoms with Crippen molar-refractivity contribution in [1.82, 2.24) is 4.98 Å². The quantitative estimate of drug-likeness (QED) is 0.778. The minimum absolute atomic E-state index is 0.338. The Bertz CT molecular complexity index is 322. The van der Waals surface area contributed by atoms with Crippen molar-refractivity contribution in [2.24, 2.45) is 0 Å². The normalized spacial score (nSPS) is 17.6. The molecule has 0 amide bonds. The van der Waals surface area contributed by atoms with Gasteiger partial charge in [0.1, 0.15) is 0 Å². The van der Waals surface area contributed by atoms with E-state index in [2.05, 4.69) is 11.1 Å². The fraction of sp³-hybridized carbons (Fsp3) is 0.583. The van der Waals surface area contributed by atoms with E-state index in [1.807, 2.05) is 13.1 Å². The number of hydrogen-bond acceptors (Lipinski definition) is 2. The maximum absolute atomic E-state index is 9.69.